The van der Waals surface area contributed by atoms with Gasteiger partial charge < -0.3 is 19.5 Å². The largest absolute Gasteiger partial charge is 0.447 e. The van der Waals surface area contributed by atoms with Gasteiger partial charge in [-0.25, -0.2) is 19.3 Å². The standard InChI is InChI=1S/C31H41N3O7/c1-20(2)26-19-40-30(38)34(26)27(35)21(3)16-25(33-29(37)41-31(4,5)6)17-22-12-14-24(15-13-22)32-28(36)39-18-23-10-8-7-9-11-23/h7-15,20-21,25-26H,16-19H2,1-6H3,(H,32,36)(H,33,37)/t21-,25+,26+/m0/s1. The van der Waals surface area contributed by atoms with Gasteiger partial charge in [0.1, 0.15) is 18.8 Å². The van der Waals surface area contributed by atoms with Gasteiger partial charge in [0.15, 0.2) is 0 Å². The first kappa shape index (κ1) is 31.4. The lowest BCUT2D eigenvalue weighted by molar-refractivity contribution is -0.133. The normalized spacial score (nSPS) is 16.5. The summed E-state index contributed by atoms with van der Waals surface area (Å²) in [6.07, 6.45) is -1.13. The summed E-state index contributed by atoms with van der Waals surface area (Å²) in [5.74, 6) is -0.853. The summed E-state index contributed by atoms with van der Waals surface area (Å²) in [5.41, 5.74) is 1.62. The van der Waals surface area contributed by atoms with E-state index in [0.29, 0.717) is 12.1 Å². The zero-order valence-electron chi connectivity index (χ0n) is 24.6. The maximum absolute atomic E-state index is 13.3. The van der Waals surface area contributed by atoms with Crippen LogP contribution in [0.2, 0.25) is 0 Å². The van der Waals surface area contributed by atoms with Gasteiger partial charge in [0.2, 0.25) is 5.91 Å². The van der Waals surface area contributed by atoms with Crippen LogP contribution in [-0.2, 0) is 32.0 Å². The molecule has 10 heteroatoms. The lowest BCUT2D eigenvalue weighted by atomic mass is 9.94. The van der Waals surface area contributed by atoms with Gasteiger partial charge in [-0.1, -0.05) is 63.2 Å². The van der Waals surface area contributed by atoms with Gasteiger partial charge in [-0.2, -0.15) is 0 Å². The van der Waals surface area contributed by atoms with Crippen LogP contribution in [0.3, 0.4) is 0 Å². The number of anilines is 1. The van der Waals surface area contributed by atoms with Crippen LogP contribution in [0.5, 0.6) is 0 Å². The number of carbonyl (C=O) groups is 4. The van der Waals surface area contributed by atoms with Gasteiger partial charge in [0.05, 0.1) is 6.04 Å². The average Bonchev–Trinajstić information content (AvgIpc) is 3.29. The third-order valence-corrected chi connectivity index (χ3v) is 6.59. The number of nitrogens with one attached hydrogen (secondary N) is 2. The lowest BCUT2D eigenvalue weighted by Gasteiger charge is -2.28. The van der Waals surface area contributed by atoms with E-state index in [9.17, 15) is 19.2 Å². The third-order valence-electron chi connectivity index (χ3n) is 6.59. The van der Waals surface area contributed by atoms with Crippen LogP contribution in [0.4, 0.5) is 20.1 Å². The van der Waals surface area contributed by atoms with Gasteiger partial charge in [0, 0.05) is 17.6 Å². The molecular formula is C31H41N3O7. The molecule has 222 valence electrons. The Labute approximate surface area is 241 Å². The minimum atomic E-state index is -0.692. The summed E-state index contributed by atoms with van der Waals surface area (Å²) in [6.45, 7) is 11.3. The van der Waals surface area contributed by atoms with Crippen LogP contribution < -0.4 is 10.6 Å². The minimum absolute atomic E-state index is 0.0519. The Hall–Kier alpha value is -4.08. The van der Waals surface area contributed by atoms with E-state index in [4.69, 9.17) is 14.2 Å². The van der Waals surface area contributed by atoms with Crippen molar-refractivity contribution >= 4 is 29.9 Å². The van der Waals surface area contributed by atoms with Crippen molar-refractivity contribution < 1.29 is 33.4 Å². The zero-order chi connectivity index (χ0) is 30.2. The fourth-order valence-corrected chi connectivity index (χ4v) is 4.50. The predicted octanol–water partition coefficient (Wildman–Crippen LogP) is 5.90. The maximum atomic E-state index is 13.3. The highest BCUT2D eigenvalue weighted by atomic mass is 16.6. The van der Waals surface area contributed by atoms with E-state index < -0.39 is 35.8 Å². The number of cyclic esters (lactones) is 1. The quantitative estimate of drug-likeness (QED) is 0.343. The van der Waals surface area contributed by atoms with Crippen LogP contribution in [0.25, 0.3) is 0 Å². The third kappa shape index (κ3) is 9.81. The van der Waals surface area contributed by atoms with Crippen LogP contribution in [0.15, 0.2) is 54.6 Å². The molecule has 0 unspecified atom stereocenters. The number of carbonyl (C=O) groups excluding carboxylic acids is 4. The van der Waals surface area contributed by atoms with Crippen LogP contribution in [0, 0.1) is 11.8 Å². The molecule has 0 aromatic heterocycles. The number of benzene rings is 2. The number of imide groups is 1. The fourth-order valence-electron chi connectivity index (χ4n) is 4.50. The van der Waals surface area contributed by atoms with Gasteiger partial charge >= 0.3 is 18.3 Å². The molecule has 2 aromatic carbocycles. The van der Waals surface area contributed by atoms with Crippen LogP contribution in [0.1, 0.15) is 59.1 Å². The van der Waals surface area contributed by atoms with Crippen molar-refractivity contribution in [2.24, 2.45) is 11.8 Å². The molecule has 0 radical (unpaired) electrons. The molecule has 1 heterocycles. The topological polar surface area (TPSA) is 123 Å². The smallest absolute Gasteiger partial charge is 0.416 e. The molecule has 1 aliphatic heterocycles. The molecule has 2 aromatic rings. The first-order valence-electron chi connectivity index (χ1n) is 13.9. The number of hydrogen-bond donors (Lipinski definition) is 2. The molecule has 4 amide bonds. The first-order valence-corrected chi connectivity index (χ1v) is 13.9. The Balaban J connectivity index is 1.65. The Bertz CT molecular complexity index is 1190. The Morgan fingerprint density at radius 2 is 1.63 bits per heavy atom. The van der Waals surface area contributed by atoms with Crippen molar-refractivity contribution in [3.05, 3.63) is 65.7 Å². The Kier molecular flexibility index (Phi) is 10.7. The molecule has 1 saturated heterocycles. The predicted molar refractivity (Wildman–Crippen MR) is 154 cm³/mol. The molecule has 0 bridgehead atoms. The van der Waals surface area contributed by atoms with Crippen molar-refractivity contribution in [3.8, 4) is 0 Å². The summed E-state index contributed by atoms with van der Waals surface area (Å²) in [5, 5.41) is 5.59. The van der Waals surface area contributed by atoms with E-state index in [-0.39, 0.29) is 37.5 Å². The van der Waals surface area contributed by atoms with Crippen LogP contribution >= 0.6 is 0 Å². The summed E-state index contributed by atoms with van der Waals surface area (Å²) >= 11 is 0. The highest BCUT2D eigenvalue weighted by molar-refractivity contribution is 5.94. The highest BCUT2D eigenvalue weighted by Crippen LogP contribution is 2.24. The first-order chi connectivity index (χ1) is 19.3. The number of nitrogens with zero attached hydrogens (tertiary/aromatic N) is 1. The molecule has 3 atom stereocenters. The SMILES string of the molecule is CC(C)[C@H]1COC(=O)N1C(=O)[C@@H](C)C[C@H](Cc1ccc(NC(=O)OCc2ccccc2)cc1)NC(=O)OC(C)(C)C. The van der Waals surface area contributed by atoms with E-state index in [0.717, 1.165) is 11.1 Å². The minimum Gasteiger partial charge on any atom is -0.447 e. The molecule has 10 nitrogen and oxygen atoms in total. The summed E-state index contributed by atoms with van der Waals surface area (Å²) in [4.78, 5) is 51.7. The number of ether oxygens (including phenoxy) is 3. The van der Waals surface area contributed by atoms with E-state index in [1.54, 1.807) is 39.8 Å². The maximum Gasteiger partial charge on any atom is 0.416 e. The van der Waals surface area contributed by atoms with Gasteiger partial charge in [0.25, 0.3) is 0 Å². The monoisotopic (exact) mass is 567 g/mol. The van der Waals surface area contributed by atoms with Crippen LogP contribution in [-0.4, -0.2) is 53.4 Å². The summed E-state index contributed by atoms with van der Waals surface area (Å²) in [7, 11) is 0. The van der Waals surface area contributed by atoms with Gasteiger partial charge in [-0.05, 0) is 62.8 Å². The molecule has 1 aliphatic rings. The highest BCUT2D eigenvalue weighted by Gasteiger charge is 2.41. The van der Waals surface area contributed by atoms with Crippen molar-refractivity contribution in [1.82, 2.24) is 10.2 Å². The van der Waals surface area contributed by atoms with Crippen molar-refractivity contribution in [1.29, 1.82) is 0 Å². The second-order valence-corrected chi connectivity index (χ2v) is 11.7. The fraction of sp³-hybridized carbons (Fsp3) is 0.484. The molecule has 0 aliphatic carbocycles. The molecule has 41 heavy (non-hydrogen) atoms. The van der Waals surface area contributed by atoms with E-state index in [1.807, 2.05) is 56.3 Å². The van der Waals surface area contributed by atoms with Crippen molar-refractivity contribution in [2.75, 3.05) is 11.9 Å². The van der Waals surface area contributed by atoms with E-state index >= 15 is 0 Å². The molecule has 2 N–H and O–H groups in total. The molecule has 1 fully saturated rings. The van der Waals surface area contributed by atoms with E-state index in [2.05, 4.69) is 10.6 Å². The number of hydrogen-bond acceptors (Lipinski definition) is 7. The Morgan fingerprint density at radius 3 is 2.24 bits per heavy atom. The lowest BCUT2D eigenvalue weighted by Crippen LogP contribution is -2.47. The average molecular weight is 568 g/mol. The second kappa shape index (κ2) is 14.0. The molecule has 0 spiro atoms. The van der Waals surface area contributed by atoms with Crippen molar-refractivity contribution in [3.63, 3.8) is 0 Å². The Morgan fingerprint density at radius 1 is 0.976 bits per heavy atom. The number of alkyl carbamates (subject to hydrolysis) is 1. The number of rotatable bonds is 10. The second-order valence-electron chi connectivity index (χ2n) is 11.7. The van der Waals surface area contributed by atoms with E-state index in [1.165, 1.54) is 4.90 Å². The summed E-state index contributed by atoms with van der Waals surface area (Å²) < 4.78 is 15.9. The zero-order valence-corrected chi connectivity index (χ0v) is 24.6. The summed E-state index contributed by atoms with van der Waals surface area (Å²) in [6, 6.07) is 15.7. The molecule has 3 rings (SSSR count). The molecule has 0 saturated carbocycles. The molecular weight excluding hydrogens is 526 g/mol. The van der Waals surface area contributed by atoms with Crippen molar-refractivity contribution in [2.45, 2.75) is 78.7 Å². The van der Waals surface area contributed by atoms with Gasteiger partial charge in [-0.15, -0.1) is 0 Å². The van der Waals surface area contributed by atoms with Gasteiger partial charge in [-0.3, -0.25) is 10.1 Å². The number of amides is 4.